The minimum Gasteiger partial charge on any atom is -0.356 e. The first-order valence-electron chi connectivity index (χ1n) is 9.96. The Balaban J connectivity index is 1.53. The summed E-state index contributed by atoms with van der Waals surface area (Å²) in [5.74, 6) is -0.383. The number of carbonyl (C=O) groups is 2. The quantitative estimate of drug-likeness (QED) is 0.460. The van der Waals surface area contributed by atoms with Gasteiger partial charge >= 0.3 is 6.18 Å². The zero-order valence-corrected chi connectivity index (χ0v) is 18.1. The Labute approximate surface area is 187 Å². The van der Waals surface area contributed by atoms with Crippen LogP contribution in [0, 0.1) is 0 Å². The summed E-state index contributed by atoms with van der Waals surface area (Å²) in [6.07, 6.45) is -2.74. The first-order chi connectivity index (χ1) is 15.2. The van der Waals surface area contributed by atoms with E-state index in [2.05, 4.69) is 15.6 Å². The van der Waals surface area contributed by atoms with Crippen molar-refractivity contribution in [1.29, 1.82) is 0 Å². The van der Waals surface area contributed by atoms with Crippen LogP contribution in [0.4, 0.5) is 18.3 Å². The van der Waals surface area contributed by atoms with Crippen molar-refractivity contribution in [3.8, 4) is 11.3 Å². The highest BCUT2D eigenvalue weighted by Crippen LogP contribution is 2.29. The number of alkyl halides is 3. The molecule has 2 amide bonds. The average Bonchev–Trinajstić information content (AvgIpc) is 3.19. The Bertz CT molecular complexity index is 1060. The minimum absolute atomic E-state index is 0.0360. The molecule has 0 atom stereocenters. The number of nitrogens with one attached hydrogen (secondary N) is 2. The zero-order valence-electron chi connectivity index (χ0n) is 17.3. The summed E-state index contributed by atoms with van der Waals surface area (Å²) in [6, 6.07) is 12.5. The molecule has 3 rings (SSSR count). The molecule has 3 aromatic rings. The van der Waals surface area contributed by atoms with E-state index in [1.807, 2.05) is 29.6 Å². The lowest BCUT2D eigenvalue weighted by Gasteiger charge is -2.07. The van der Waals surface area contributed by atoms with E-state index in [0.717, 1.165) is 41.8 Å². The first kappa shape index (κ1) is 23.5. The number of anilines is 1. The Morgan fingerprint density at radius 1 is 1.00 bits per heavy atom. The SMILES string of the molecule is CC(=O)NCCCc1ccc(-c2csc(NC(=O)Cc3ccc(C(F)(F)F)cc3)n2)cc1. The van der Waals surface area contributed by atoms with Crippen molar-refractivity contribution in [3.63, 3.8) is 0 Å². The molecule has 2 aromatic carbocycles. The molecule has 0 saturated heterocycles. The van der Waals surface area contributed by atoms with Gasteiger partial charge in [-0.3, -0.25) is 9.59 Å². The summed E-state index contributed by atoms with van der Waals surface area (Å²) in [5, 5.41) is 7.72. The minimum atomic E-state index is -4.40. The molecule has 0 aliphatic carbocycles. The molecule has 1 aromatic heterocycles. The van der Waals surface area contributed by atoms with Crippen LogP contribution in [0.3, 0.4) is 0 Å². The maximum Gasteiger partial charge on any atom is 0.416 e. The van der Waals surface area contributed by atoms with E-state index in [1.54, 1.807) is 0 Å². The molecule has 0 radical (unpaired) electrons. The standard InChI is InChI=1S/C23H22F3N3O2S/c1-15(30)27-12-2-3-16-4-8-18(9-5-16)20-14-32-22(28-20)29-21(31)13-17-6-10-19(11-7-17)23(24,25)26/h4-11,14H,2-3,12-13H2,1H3,(H,27,30)(H,28,29,31). The molecule has 1 heterocycles. The van der Waals surface area contributed by atoms with Crippen LogP contribution in [-0.2, 0) is 28.6 Å². The van der Waals surface area contributed by atoms with Gasteiger partial charge < -0.3 is 10.6 Å². The molecule has 0 aliphatic rings. The Kier molecular flexibility index (Phi) is 7.63. The zero-order chi connectivity index (χ0) is 23.1. The molecule has 0 bridgehead atoms. The van der Waals surface area contributed by atoms with Gasteiger partial charge in [0, 0.05) is 24.4 Å². The van der Waals surface area contributed by atoms with Gasteiger partial charge in [-0.05, 0) is 36.1 Å². The van der Waals surface area contributed by atoms with Gasteiger partial charge in [0.25, 0.3) is 0 Å². The van der Waals surface area contributed by atoms with E-state index < -0.39 is 11.7 Å². The number of hydrogen-bond acceptors (Lipinski definition) is 4. The number of carbonyl (C=O) groups excluding carboxylic acids is 2. The molecule has 0 aliphatic heterocycles. The summed E-state index contributed by atoms with van der Waals surface area (Å²) < 4.78 is 37.9. The van der Waals surface area contributed by atoms with Gasteiger partial charge in [-0.2, -0.15) is 13.2 Å². The van der Waals surface area contributed by atoms with Gasteiger partial charge in [-0.25, -0.2) is 4.98 Å². The van der Waals surface area contributed by atoms with Crippen LogP contribution < -0.4 is 10.6 Å². The topological polar surface area (TPSA) is 71.1 Å². The molecule has 32 heavy (non-hydrogen) atoms. The lowest BCUT2D eigenvalue weighted by Crippen LogP contribution is -2.21. The van der Waals surface area contributed by atoms with E-state index in [-0.39, 0.29) is 18.2 Å². The third kappa shape index (κ3) is 6.91. The fourth-order valence-corrected chi connectivity index (χ4v) is 3.76. The van der Waals surface area contributed by atoms with Crippen molar-refractivity contribution < 1.29 is 22.8 Å². The summed E-state index contributed by atoms with van der Waals surface area (Å²) in [7, 11) is 0. The highest BCUT2D eigenvalue weighted by atomic mass is 32.1. The molecule has 9 heteroatoms. The summed E-state index contributed by atoms with van der Waals surface area (Å²) in [6.45, 7) is 2.13. The van der Waals surface area contributed by atoms with Gasteiger partial charge in [-0.15, -0.1) is 11.3 Å². The Hall–Kier alpha value is -3.20. The van der Waals surface area contributed by atoms with Crippen LogP contribution in [0.5, 0.6) is 0 Å². The van der Waals surface area contributed by atoms with E-state index in [0.29, 0.717) is 17.2 Å². The van der Waals surface area contributed by atoms with Crippen LogP contribution in [0.25, 0.3) is 11.3 Å². The fourth-order valence-electron chi connectivity index (χ4n) is 3.02. The van der Waals surface area contributed by atoms with Crippen molar-refractivity contribution in [2.45, 2.75) is 32.4 Å². The summed E-state index contributed by atoms with van der Waals surface area (Å²) in [4.78, 5) is 27.5. The summed E-state index contributed by atoms with van der Waals surface area (Å²) >= 11 is 1.28. The largest absolute Gasteiger partial charge is 0.416 e. The van der Waals surface area contributed by atoms with E-state index >= 15 is 0 Å². The van der Waals surface area contributed by atoms with Crippen molar-refractivity contribution in [3.05, 3.63) is 70.6 Å². The number of halogens is 3. The fraction of sp³-hybridized carbons (Fsp3) is 0.261. The van der Waals surface area contributed by atoms with Crippen molar-refractivity contribution in [1.82, 2.24) is 10.3 Å². The van der Waals surface area contributed by atoms with Crippen LogP contribution in [-0.4, -0.2) is 23.3 Å². The van der Waals surface area contributed by atoms with Crippen molar-refractivity contribution in [2.24, 2.45) is 0 Å². The van der Waals surface area contributed by atoms with E-state index in [9.17, 15) is 22.8 Å². The number of aryl methyl sites for hydroxylation is 1. The van der Waals surface area contributed by atoms with Gasteiger partial charge in [0.05, 0.1) is 17.7 Å². The predicted molar refractivity (Wildman–Crippen MR) is 118 cm³/mol. The monoisotopic (exact) mass is 461 g/mol. The van der Waals surface area contributed by atoms with Crippen LogP contribution in [0.2, 0.25) is 0 Å². The second-order valence-electron chi connectivity index (χ2n) is 7.24. The molecule has 0 spiro atoms. The lowest BCUT2D eigenvalue weighted by molar-refractivity contribution is -0.137. The predicted octanol–water partition coefficient (Wildman–Crippen LogP) is 5.08. The van der Waals surface area contributed by atoms with Crippen LogP contribution in [0.1, 0.15) is 30.0 Å². The number of benzene rings is 2. The van der Waals surface area contributed by atoms with Gasteiger partial charge in [-0.1, -0.05) is 36.4 Å². The van der Waals surface area contributed by atoms with Crippen LogP contribution in [0.15, 0.2) is 53.9 Å². The maximum atomic E-state index is 12.6. The smallest absolute Gasteiger partial charge is 0.356 e. The first-order valence-corrected chi connectivity index (χ1v) is 10.8. The number of amides is 2. The third-order valence-electron chi connectivity index (χ3n) is 4.66. The lowest BCUT2D eigenvalue weighted by atomic mass is 10.1. The van der Waals surface area contributed by atoms with Crippen LogP contribution >= 0.6 is 11.3 Å². The maximum absolute atomic E-state index is 12.6. The Morgan fingerprint density at radius 2 is 1.66 bits per heavy atom. The number of hydrogen-bond donors (Lipinski definition) is 2. The van der Waals surface area contributed by atoms with E-state index in [1.165, 1.54) is 30.4 Å². The molecule has 5 nitrogen and oxygen atoms in total. The summed E-state index contributed by atoms with van der Waals surface area (Å²) in [5.41, 5.74) is 2.53. The van der Waals surface area contributed by atoms with Gasteiger partial charge in [0.15, 0.2) is 5.13 Å². The highest BCUT2D eigenvalue weighted by Gasteiger charge is 2.30. The number of thiazole rings is 1. The van der Waals surface area contributed by atoms with Crippen molar-refractivity contribution in [2.75, 3.05) is 11.9 Å². The van der Waals surface area contributed by atoms with Gasteiger partial charge in [0.2, 0.25) is 11.8 Å². The third-order valence-corrected chi connectivity index (χ3v) is 5.42. The number of nitrogens with zero attached hydrogens (tertiary/aromatic N) is 1. The number of aromatic nitrogens is 1. The Morgan fingerprint density at radius 3 is 2.28 bits per heavy atom. The second-order valence-corrected chi connectivity index (χ2v) is 8.10. The second kappa shape index (κ2) is 10.4. The average molecular weight is 462 g/mol. The number of rotatable bonds is 8. The molecule has 0 unspecified atom stereocenters. The highest BCUT2D eigenvalue weighted by molar-refractivity contribution is 7.14. The molecular formula is C23H22F3N3O2S. The molecule has 0 fully saturated rings. The molecule has 0 saturated carbocycles. The molecular weight excluding hydrogens is 439 g/mol. The molecule has 2 N–H and O–H groups in total. The van der Waals surface area contributed by atoms with Crippen molar-refractivity contribution >= 4 is 28.3 Å². The molecule has 168 valence electrons. The van der Waals surface area contributed by atoms with E-state index in [4.69, 9.17) is 0 Å². The normalized spacial score (nSPS) is 11.2. The van der Waals surface area contributed by atoms with Gasteiger partial charge in [0.1, 0.15) is 0 Å².